The second-order valence-electron chi connectivity index (χ2n) is 4.08. The number of nitrogens with two attached hydrogens (primary N) is 1. The fourth-order valence-electron chi connectivity index (χ4n) is 2.06. The Morgan fingerprint density at radius 2 is 2.07 bits per heavy atom. The molecule has 1 unspecified atom stereocenters. The highest BCUT2D eigenvalue weighted by molar-refractivity contribution is 5.84. The standard InChI is InChI=1S/C13H18N2/c1-3-8-15-9-12(10(2)14)11-6-4-5-7-13(11)15/h4-7,9-10H,3,8,14H2,1-2H3. The van der Waals surface area contributed by atoms with Crippen molar-refractivity contribution in [3.8, 4) is 0 Å². The zero-order valence-corrected chi connectivity index (χ0v) is 9.40. The molecule has 0 spiro atoms. The van der Waals surface area contributed by atoms with E-state index in [0.717, 1.165) is 13.0 Å². The van der Waals surface area contributed by atoms with E-state index in [2.05, 4.69) is 42.0 Å². The number of hydrogen-bond donors (Lipinski definition) is 1. The van der Waals surface area contributed by atoms with Crippen molar-refractivity contribution >= 4 is 10.9 Å². The summed E-state index contributed by atoms with van der Waals surface area (Å²) in [6.07, 6.45) is 3.34. The fraction of sp³-hybridized carbons (Fsp3) is 0.385. The summed E-state index contributed by atoms with van der Waals surface area (Å²) in [5.74, 6) is 0. The maximum Gasteiger partial charge on any atom is 0.0483 e. The largest absolute Gasteiger partial charge is 0.347 e. The van der Waals surface area contributed by atoms with Crippen LogP contribution in [0.15, 0.2) is 30.5 Å². The van der Waals surface area contributed by atoms with Crippen molar-refractivity contribution in [1.82, 2.24) is 4.57 Å². The van der Waals surface area contributed by atoms with Crippen molar-refractivity contribution < 1.29 is 0 Å². The van der Waals surface area contributed by atoms with Crippen LogP contribution in [0.1, 0.15) is 31.9 Å². The maximum atomic E-state index is 5.98. The normalized spacial score (nSPS) is 13.3. The van der Waals surface area contributed by atoms with Crippen molar-refractivity contribution in [1.29, 1.82) is 0 Å². The molecule has 0 aliphatic heterocycles. The minimum atomic E-state index is 0.105. The molecule has 0 fully saturated rings. The molecule has 0 aliphatic carbocycles. The Labute approximate surface area is 90.7 Å². The summed E-state index contributed by atoms with van der Waals surface area (Å²) in [7, 11) is 0. The highest BCUT2D eigenvalue weighted by atomic mass is 15.0. The lowest BCUT2D eigenvalue weighted by Crippen LogP contribution is -2.04. The van der Waals surface area contributed by atoms with E-state index < -0.39 is 0 Å². The first-order chi connectivity index (χ1) is 7.24. The van der Waals surface area contributed by atoms with Gasteiger partial charge in [0.15, 0.2) is 0 Å². The van der Waals surface area contributed by atoms with Gasteiger partial charge in [-0.15, -0.1) is 0 Å². The quantitative estimate of drug-likeness (QED) is 0.814. The van der Waals surface area contributed by atoms with Gasteiger partial charge < -0.3 is 10.3 Å². The third kappa shape index (κ3) is 1.77. The average Bonchev–Trinajstić information content (AvgIpc) is 2.59. The van der Waals surface area contributed by atoms with Gasteiger partial charge in [-0.3, -0.25) is 0 Å². The molecule has 2 nitrogen and oxygen atoms in total. The van der Waals surface area contributed by atoms with Gasteiger partial charge in [-0.1, -0.05) is 25.1 Å². The lowest BCUT2D eigenvalue weighted by molar-refractivity contribution is 0.695. The Balaban J connectivity index is 2.62. The van der Waals surface area contributed by atoms with Crippen LogP contribution in [-0.4, -0.2) is 4.57 Å². The highest BCUT2D eigenvalue weighted by Crippen LogP contribution is 2.25. The molecule has 2 N–H and O–H groups in total. The molecule has 2 heteroatoms. The van der Waals surface area contributed by atoms with Crippen molar-refractivity contribution in [2.24, 2.45) is 5.73 Å². The number of nitrogens with zero attached hydrogens (tertiary/aromatic N) is 1. The zero-order chi connectivity index (χ0) is 10.8. The predicted molar refractivity (Wildman–Crippen MR) is 64.8 cm³/mol. The molecule has 1 aromatic heterocycles. The van der Waals surface area contributed by atoms with Crippen molar-refractivity contribution in [2.45, 2.75) is 32.9 Å². The van der Waals surface area contributed by atoms with Gasteiger partial charge in [-0.05, 0) is 25.0 Å². The Kier molecular flexibility index (Phi) is 2.78. The van der Waals surface area contributed by atoms with Crippen LogP contribution in [0.2, 0.25) is 0 Å². The van der Waals surface area contributed by atoms with E-state index in [1.54, 1.807) is 0 Å². The second-order valence-corrected chi connectivity index (χ2v) is 4.08. The molecule has 1 heterocycles. The number of aromatic nitrogens is 1. The van der Waals surface area contributed by atoms with E-state index in [0.29, 0.717) is 0 Å². The number of benzene rings is 1. The summed E-state index contributed by atoms with van der Waals surface area (Å²) >= 11 is 0. The molecule has 1 atom stereocenters. The molecule has 0 amide bonds. The summed E-state index contributed by atoms with van der Waals surface area (Å²) in [4.78, 5) is 0. The Morgan fingerprint density at radius 3 is 2.73 bits per heavy atom. The summed E-state index contributed by atoms with van der Waals surface area (Å²) in [6, 6.07) is 8.58. The van der Waals surface area contributed by atoms with Crippen molar-refractivity contribution in [3.05, 3.63) is 36.0 Å². The SMILES string of the molecule is CCCn1cc(C(C)N)c2ccccc21. The molecule has 15 heavy (non-hydrogen) atoms. The van der Waals surface area contributed by atoms with Crippen LogP contribution in [0.5, 0.6) is 0 Å². The molecule has 80 valence electrons. The first kappa shape index (κ1) is 10.2. The number of hydrogen-bond acceptors (Lipinski definition) is 1. The van der Waals surface area contributed by atoms with Gasteiger partial charge in [-0.2, -0.15) is 0 Å². The van der Waals surface area contributed by atoms with E-state index in [-0.39, 0.29) is 6.04 Å². The third-order valence-electron chi connectivity index (χ3n) is 2.77. The van der Waals surface area contributed by atoms with Gasteiger partial charge >= 0.3 is 0 Å². The summed E-state index contributed by atoms with van der Waals surface area (Å²) in [5, 5.41) is 1.29. The number of aryl methyl sites for hydroxylation is 1. The lowest BCUT2D eigenvalue weighted by atomic mass is 10.1. The number of para-hydroxylation sites is 1. The van der Waals surface area contributed by atoms with E-state index in [4.69, 9.17) is 5.73 Å². The van der Waals surface area contributed by atoms with Gasteiger partial charge in [0.1, 0.15) is 0 Å². The molecule has 0 saturated heterocycles. The number of rotatable bonds is 3. The highest BCUT2D eigenvalue weighted by Gasteiger charge is 2.09. The van der Waals surface area contributed by atoms with E-state index in [1.165, 1.54) is 16.5 Å². The average molecular weight is 202 g/mol. The van der Waals surface area contributed by atoms with Crippen LogP contribution in [0.3, 0.4) is 0 Å². The molecule has 1 aromatic carbocycles. The molecule has 0 saturated carbocycles. The molecule has 0 aliphatic rings. The van der Waals surface area contributed by atoms with Gasteiger partial charge in [0.2, 0.25) is 0 Å². The summed E-state index contributed by atoms with van der Waals surface area (Å²) < 4.78 is 2.30. The molecule has 0 bridgehead atoms. The van der Waals surface area contributed by atoms with E-state index in [9.17, 15) is 0 Å². The monoisotopic (exact) mass is 202 g/mol. The molecule has 2 rings (SSSR count). The minimum Gasteiger partial charge on any atom is -0.347 e. The van der Waals surface area contributed by atoms with E-state index >= 15 is 0 Å². The van der Waals surface area contributed by atoms with Crippen molar-refractivity contribution in [3.63, 3.8) is 0 Å². The van der Waals surface area contributed by atoms with Crippen LogP contribution >= 0.6 is 0 Å². The van der Waals surface area contributed by atoms with Gasteiger partial charge in [0.05, 0.1) is 0 Å². The zero-order valence-electron chi connectivity index (χ0n) is 9.40. The second kappa shape index (κ2) is 4.07. The molecular weight excluding hydrogens is 184 g/mol. The Morgan fingerprint density at radius 1 is 1.33 bits per heavy atom. The summed E-state index contributed by atoms with van der Waals surface area (Å²) in [5.41, 5.74) is 8.52. The summed E-state index contributed by atoms with van der Waals surface area (Å²) in [6.45, 7) is 5.30. The van der Waals surface area contributed by atoms with Gasteiger partial charge in [-0.25, -0.2) is 0 Å². The van der Waals surface area contributed by atoms with Crippen LogP contribution < -0.4 is 5.73 Å². The minimum absolute atomic E-state index is 0.105. The first-order valence-corrected chi connectivity index (χ1v) is 5.57. The van der Waals surface area contributed by atoms with Crippen LogP contribution in [0.4, 0.5) is 0 Å². The molecule has 2 aromatic rings. The third-order valence-corrected chi connectivity index (χ3v) is 2.77. The van der Waals surface area contributed by atoms with E-state index in [1.807, 2.05) is 6.92 Å². The predicted octanol–water partition coefficient (Wildman–Crippen LogP) is 3.07. The number of fused-ring (bicyclic) bond motifs is 1. The topological polar surface area (TPSA) is 30.9 Å². The maximum absolute atomic E-state index is 5.98. The van der Waals surface area contributed by atoms with Crippen LogP contribution in [0, 0.1) is 0 Å². The molecular formula is C13H18N2. The van der Waals surface area contributed by atoms with Crippen LogP contribution in [0.25, 0.3) is 10.9 Å². The Hall–Kier alpha value is -1.28. The Bertz CT molecular complexity index is 455. The smallest absolute Gasteiger partial charge is 0.0483 e. The lowest BCUT2D eigenvalue weighted by Gasteiger charge is -2.01. The van der Waals surface area contributed by atoms with Gasteiger partial charge in [0.25, 0.3) is 0 Å². The first-order valence-electron chi connectivity index (χ1n) is 5.57. The van der Waals surface area contributed by atoms with Crippen LogP contribution in [-0.2, 0) is 6.54 Å². The fourth-order valence-corrected chi connectivity index (χ4v) is 2.06. The van der Waals surface area contributed by atoms with Crippen molar-refractivity contribution in [2.75, 3.05) is 0 Å². The molecule has 0 radical (unpaired) electrons. The van der Waals surface area contributed by atoms with Gasteiger partial charge in [0, 0.05) is 29.7 Å².